The maximum Gasteiger partial charge on any atom is 0.132 e. The molecule has 0 amide bonds. The Morgan fingerprint density at radius 3 is 3.00 bits per heavy atom. The summed E-state index contributed by atoms with van der Waals surface area (Å²) >= 11 is 0. The van der Waals surface area contributed by atoms with Crippen molar-refractivity contribution in [2.45, 2.75) is 13.0 Å². The second kappa shape index (κ2) is 4.56. The summed E-state index contributed by atoms with van der Waals surface area (Å²) in [6, 6.07) is 3.93. The van der Waals surface area contributed by atoms with Gasteiger partial charge in [0.15, 0.2) is 0 Å². The van der Waals surface area contributed by atoms with E-state index in [1.54, 1.807) is 24.9 Å². The van der Waals surface area contributed by atoms with Crippen LogP contribution in [-0.4, -0.2) is 24.7 Å². The Kier molecular flexibility index (Phi) is 2.75. The van der Waals surface area contributed by atoms with Gasteiger partial charge >= 0.3 is 0 Å². The average Bonchev–Trinajstić information content (AvgIpc) is 3.10. The summed E-state index contributed by atoms with van der Waals surface area (Å²) in [6.07, 6.45) is 8.95. The highest BCUT2D eigenvalue weighted by molar-refractivity contribution is 5.70. The van der Waals surface area contributed by atoms with Gasteiger partial charge in [-0.2, -0.15) is 5.10 Å². The molecular weight excluding hydrogens is 240 g/mol. The molecule has 19 heavy (non-hydrogen) atoms. The van der Waals surface area contributed by atoms with Crippen LogP contribution in [0.25, 0.3) is 11.3 Å². The lowest BCUT2D eigenvalue weighted by molar-refractivity contribution is 0.645. The molecule has 3 heterocycles. The molecule has 0 spiro atoms. The minimum absolute atomic E-state index is 0.121. The number of nitrogen functional groups attached to an aromatic ring is 1. The molecule has 0 saturated heterocycles. The summed E-state index contributed by atoms with van der Waals surface area (Å²) in [4.78, 5) is 8.34. The number of hydrogen-bond donors (Lipinski definition) is 2. The van der Waals surface area contributed by atoms with Crippen LogP contribution in [0.15, 0.2) is 43.2 Å². The third kappa shape index (κ3) is 1.97. The lowest BCUT2D eigenvalue weighted by Gasteiger charge is -2.15. The lowest BCUT2D eigenvalue weighted by Crippen LogP contribution is -2.07. The summed E-state index contributed by atoms with van der Waals surface area (Å²) in [5, 5.41) is 6.80. The predicted molar refractivity (Wildman–Crippen MR) is 72.3 cm³/mol. The van der Waals surface area contributed by atoms with Gasteiger partial charge < -0.3 is 10.3 Å². The average molecular weight is 254 g/mol. The first-order valence-corrected chi connectivity index (χ1v) is 5.98. The molecule has 0 radical (unpaired) electrons. The molecule has 1 atom stereocenters. The van der Waals surface area contributed by atoms with Crippen molar-refractivity contribution in [3.05, 3.63) is 48.8 Å². The summed E-state index contributed by atoms with van der Waals surface area (Å²) in [5.74, 6) is 0.503. The molecule has 0 bridgehead atoms. The van der Waals surface area contributed by atoms with Crippen molar-refractivity contribution >= 4 is 5.82 Å². The Morgan fingerprint density at radius 2 is 2.26 bits per heavy atom. The second-order valence-corrected chi connectivity index (χ2v) is 4.33. The van der Waals surface area contributed by atoms with Gasteiger partial charge in [-0.05, 0) is 19.1 Å². The Bertz CT molecular complexity index is 670. The normalized spacial score (nSPS) is 12.5. The zero-order chi connectivity index (χ0) is 13.2. The van der Waals surface area contributed by atoms with Crippen molar-refractivity contribution in [3.63, 3.8) is 0 Å². The number of nitrogens with two attached hydrogens (primary N) is 1. The third-order valence-corrected chi connectivity index (χ3v) is 3.20. The van der Waals surface area contributed by atoms with Gasteiger partial charge in [-0.25, -0.2) is 9.97 Å². The van der Waals surface area contributed by atoms with Crippen LogP contribution < -0.4 is 5.73 Å². The van der Waals surface area contributed by atoms with Crippen LogP contribution in [0.3, 0.4) is 0 Å². The fourth-order valence-electron chi connectivity index (χ4n) is 2.11. The van der Waals surface area contributed by atoms with Crippen molar-refractivity contribution in [1.82, 2.24) is 24.7 Å². The molecule has 3 aromatic heterocycles. The van der Waals surface area contributed by atoms with Gasteiger partial charge in [0.2, 0.25) is 0 Å². The van der Waals surface area contributed by atoms with E-state index in [9.17, 15) is 0 Å². The molecule has 6 heteroatoms. The maximum absolute atomic E-state index is 5.93. The molecular formula is C13H14N6. The highest BCUT2D eigenvalue weighted by Crippen LogP contribution is 2.28. The van der Waals surface area contributed by atoms with E-state index >= 15 is 0 Å². The standard InChI is InChI=1S/C13H14N6/c1-9(10-5-17-18-6-10)19-8-15-7-12(19)11-3-2-4-16-13(11)14/h2-9H,1H3,(H2,14,16)(H,17,18). The lowest BCUT2D eigenvalue weighted by atomic mass is 10.1. The minimum atomic E-state index is 0.121. The van der Waals surface area contributed by atoms with Gasteiger partial charge in [0, 0.05) is 23.5 Å². The van der Waals surface area contributed by atoms with E-state index in [0.29, 0.717) is 5.82 Å². The molecule has 96 valence electrons. The quantitative estimate of drug-likeness (QED) is 0.747. The van der Waals surface area contributed by atoms with Crippen LogP contribution in [0.2, 0.25) is 0 Å². The van der Waals surface area contributed by atoms with Crippen LogP contribution in [-0.2, 0) is 0 Å². The van der Waals surface area contributed by atoms with Gasteiger partial charge in [0.05, 0.1) is 30.5 Å². The monoisotopic (exact) mass is 254 g/mol. The fraction of sp³-hybridized carbons (Fsp3) is 0.154. The Balaban J connectivity index is 2.06. The number of pyridine rings is 1. The van der Waals surface area contributed by atoms with Gasteiger partial charge in [0.25, 0.3) is 0 Å². The molecule has 0 aromatic carbocycles. The molecule has 0 aliphatic rings. The minimum Gasteiger partial charge on any atom is -0.383 e. The number of H-pyrrole nitrogens is 1. The van der Waals surface area contributed by atoms with Gasteiger partial charge in [0.1, 0.15) is 5.82 Å². The predicted octanol–water partition coefficient (Wildman–Crippen LogP) is 1.86. The van der Waals surface area contributed by atoms with Crippen molar-refractivity contribution in [2.75, 3.05) is 5.73 Å². The number of rotatable bonds is 3. The molecule has 3 N–H and O–H groups in total. The zero-order valence-corrected chi connectivity index (χ0v) is 10.5. The Labute approximate surface area is 110 Å². The van der Waals surface area contributed by atoms with E-state index in [0.717, 1.165) is 16.8 Å². The number of aromatic amines is 1. The number of imidazole rings is 1. The first-order valence-electron chi connectivity index (χ1n) is 5.98. The largest absolute Gasteiger partial charge is 0.383 e. The second-order valence-electron chi connectivity index (χ2n) is 4.33. The fourth-order valence-corrected chi connectivity index (χ4v) is 2.11. The molecule has 0 saturated carbocycles. The first kappa shape index (κ1) is 11.5. The summed E-state index contributed by atoms with van der Waals surface area (Å²) in [5.41, 5.74) is 8.84. The molecule has 6 nitrogen and oxygen atoms in total. The van der Waals surface area contributed by atoms with Gasteiger partial charge in [-0.1, -0.05) is 0 Å². The molecule has 3 aromatic rings. The number of nitrogens with one attached hydrogen (secondary N) is 1. The first-order chi connectivity index (χ1) is 9.27. The zero-order valence-electron chi connectivity index (χ0n) is 10.5. The number of aromatic nitrogens is 5. The number of nitrogens with zero attached hydrogens (tertiary/aromatic N) is 4. The van der Waals surface area contributed by atoms with Crippen LogP contribution >= 0.6 is 0 Å². The van der Waals surface area contributed by atoms with Crippen molar-refractivity contribution in [1.29, 1.82) is 0 Å². The van der Waals surface area contributed by atoms with Crippen LogP contribution in [0.1, 0.15) is 18.5 Å². The summed E-state index contributed by atoms with van der Waals surface area (Å²) in [6.45, 7) is 2.09. The summed E-state index contributed by atoms with van der Waals surface area (Å²) < 4.78 is 2.05. The van der Waals surface area contributed by atoms with Gasteiger partial charge in [-0.3, -0.25) is 5.10 Å². The van der Waals surface area contributed by atoms with Crippen molar-refractivity contribution < 1.29 is 0 Å². The smallest absolute Gasteiger partial charge is 0.132 e. The summed E-state index contributed by atoms with van der Waals surface area (Å²) in [7, 11) is 0. The van der Waals surface area contributed by atoms with Crippen molar-refractivity contribution in [2.24, 2.45) is 0 Å². The van der Waals surface area contributed by atoms with E-state index in [4.69, 9.17) is 5.73 Å². The number of hydrogen-bond acceptors (Lipinski definition) is 4. The SMILES string of the molecule is CC(c1cn[nH]c1)n1cncc1-c1cccnc1N. The Hall–Kier alpha value is -2.63. The van der Waals surface area contributed by atoms with Crippen molar-refractivity contribution in [3.8, 4) is 11.3 Å². The molecule has 0 aliphatic heterocycles. The maximum atomic E-state index is 5.93. The molecule has 1 unspecified atom stereocenters. The highest BCUT2D eigenvalue weighted by atomic mass is 15.1. The van der Waals surface area contributed by atoms with E-state index < -0.39 is 0 Å². The van der Waals surface area contributed by atoms with E-state index in [1.807, 2.05) is 18.3 Å². The number of anilines is 1. The van der Waals surface area contributed by atoms with Gasteiger partial charge in [-0.15, -0.1) is 0 Å². The van der Waals surface area contributed by atoms with E-state index in [1.165, 1.54) is 0 Å². The van der Waals surface area contributed by atoms with E-state index in [2.05, 4.69) is 31.7 Å². The molecule has 0 aliphatic carbocycles. The Morgan fingerprint density at radius 1 is 1.37 bits per heavy atom. The topological polar surface area (TPSA) is 85.4 Å². The van der Waals surface area contributed by atoms with Crippen LogP contribution in [0.5, 0.6) is 0 Å². The highest BCUT2D eigenvalue weighted by Gasteiger charge is 2.15. The molecule has 0 fully saturated rings. The molecule has 3 rings (SSSR count). The van der Waals surface area contributed by atoms with E-state index in [-0.39, 0.29) is 6.04 Å². The van der Waals surface area contributed by atoms with Crippen LogP contribution in [0, 0.1) is 0 Å². The van der Waals surface area contributed by atoms with Crippen LogP contribution in [0.4, 0.5) is 5.82 Å². The third-order valence-electron chi connectivity index (χ3n) is 3.20.